The van der Waals surface area contributed by atoms with E-state index >= 15 is 0 Å². The second kappa shape index (κ2) is 5.52. The predicted molar refractivity (Wildman–Crippen MR) is 71.7 cm³/mol. The number of amides is 1. The summed E-state index contributed by atoms with van der Waals surface area (Å²) in [5.74, 6) is 1.34. The fraction of sp³-hybridized carbons (Fsp3) is 0.462. The first-order chi connectivity index (χ1) is 9.33. The molecule has 1 amide bonds. The van der Waals surface area contributed by atoms with Gasteiger partial charge in [-0.3, -0.25) is 4.79 Å². The minimum absolute atomic E-state index is 0.188. The molecule has 19 heavy (non-hydrogen) atoms. The zero-order valence-electron chi connectivity index (χ0n) is 10.5. The molecule has 0 aliphatic carbocycles. The molecule has 1 aliphatic rings. The molecule has 100 valence electrons. The Morgan fingerprint density at radius 1 is 1.42 bits per heavy atom. The molecule has 2 aromatic rings. The minimum atomic E-state index is 0.188. The quantitative estimate of drug-likeness (QED) is 0.860. The largest absolute Gasteiger partial charge is 0.343 e. The highest BCUT2D eigenvalue weighted by Gasteiger charge is 2.18. The van der Waals surface area contributed by atoms with E-state index in [1.54, 1.807) is 11.3 Å². The Labute approximate surface area is 115 Å². The van der Waals surface area contributed by atoms with Crippen molar-refractivity contribution < 1.29 is 9.32 Å². The van der Waals surface area contributed by atoms with Gasteiger partial charge < -0.3 is 9.42 Å². The summed E-state index contributed by atoms with van der Waals surface area (Å²) in [6, 6.07) is 3.90. The van der Waals surface area contributed by atoms with E-state index in [0.29, 0.717) is 24.6 Å². The minimum Gasteiger partial charge on any atom is -0.343 e. The Bertz CT molecular complexity index is 544. The van der Waals surface area contributed by atoms with Crippen LogP contribution in [0.5, 0.6) is 0 Å². The summed E-state index contributed by atoms with van der Waals surface area (Å²) in [5, 5.41) is 5.91. The van der Waals surface area contributed by atoms with Gasteiger partial charge in [0.05, 0.1) is 4.88 Å². The van der Waals surface area contributed by atoms with Crippen molar-refractivity contribution >= 4 is 17.2 Å². The van der Waals surface area contributed by atoms with E-state index in [1.165, 1.54) is 0 Å². The molecule has 2 aromatic heterocycles. The average Bonchev–Trinajstić information content (AvgIpc) is 3.14. The summed E-state index contributed by atoms with van der Waals surface area (Å²) >= 11 is 1.57. The lowest BCUT2D eigenvalue weighted by Crippen LogP contribution is -2.27. The lowest BCUT2D eigenvalue weighted by molar-refractivity contribution is -0.130. The standard InChI is InChI=1S/C13H15N3O2S/c17-12(16-7-1-2-8-16)6-5-11-14-13(15-18-11)10-4-3-9-19-10/h3-4,9H,1-2,5-8H2. The molecule has 0 saturated carbocycles. The van der Waals surface area contributed by atoms with Gasteiger partial charge in [-0.2, -0.15) is 4.98 Å². The van der Waals surface area contributed by atoms with Gasteiger partial charge in [-0.1, -0.05) is 11.2 Å². The molecule has 6 heteroatoms. The van der Waals surface area contributed by atoms with Gasteiger partial charge in [0, 0.05) is 25.9 Å². The van der Waals surface area contributed by atoms with Crippen molar-refractivity contribution in [2.24, 2.45) is 0 Å². The Morgan fingerprint density at radius 3 is 3.00 bits per heavy atom. The highest BCUT2D eigenvalue weighted by atomic mass is 32.1. The lowest BCUT2D eigenvalue weighted by Gasteiger charge is -2.13. The second-order valence-corrected chi connectivity index (χ2v) is 5.52. The number of aromatic nitrogens is 2. The van der Waals surface area contributed by atoms with E-state index < -0.39 is 0 Å². The van der Waals surface area contributed by atoms with Crippen molar-refractivity contribution in [1.29, 1.82) is 0 Å². The van der Waals surface area contributed by atoms with Crippen molar-refractivity contribution in [2.45, 2.75) is 25.7 Å². The Kier molecular flexibility index (Phi) is 3.59. The second-order valence-electron chi connectivity index (χ2n) is 4.58. The SMILES string of the molecule is O=C(CCc1nc(-c2cccs2)no1)N1CCCC1. The lowest BCUT2D eigenvalue weighted by atomic mass is 10.3. The van der Waals surface area contributed by atoms with Gasteiger partial charge in [0.1, 0.15) is 0 Å². The van der Waals surface area contributed by atoms with Gasteiger partial charge in [-0.15, -0.1) is 11.3 Å². The summed E-state index contributed by atoms with van der Waals surface area (Å²) in [7, 11) is 0. The third-order valence-electron chi connectivity index (χ3n) is 3.22. The number of hydrogen-bond acceptors (Lipinski definition) is 5. The molecule has 0 radical (unpaired) electrons. The maximum absolute atomic E-state index is 11.9. The summed E-state index contributed by atoms with van der Waals surface area (Å²) in [5.41, 5.74) is 0. The smallest absolute Gasteiger partial charge is 0.227 e. The summed E-state index contributed by atoms with van der Waals surface area (Å²) in [6.45, 7) is 1.78. The fourth-order valence-electron chi connectivity index (χ4n) is 2.20. The third kappa shape index (κ3) is 2.84. The molecule has 3 heterocycles. The third-order valence-corrected chi connectivity index (χ3v) is 4.09. The molecule has 0 unspecified atom stereocenters. The number of carbonyl (C=O) groups is 1. The van der Waals surface area contributed by atoms with Gasteiger partial charge in [-0.25, -0.2) is 0 Å². The molecule has 3 rings (SSSR count). The van der Waals surface area contributed by atoms with Crippen LogP contribution in [0.1, 0.15) is 25.2 Å². The Balaban J connectivity index is 1.57. The molecule has 1 saturated heterocycles. The summed E-state index contributed by atoms with van der Waals surface area (Å²) < 4.78 is 5.18. The van der Waals surface area contributed by atoms with Crippen LogP contribution >= 0.6 is 11.3 Å². The van der Waals surface area contributed by atoms with Crippen LogP contribution in [0.4, 0.5) is 0 Å². The first-order valence-corrected chi connectivity index (χ1v) is 7.35. The van der Waals surface area contributed by atoms with Crippen molar-refractivity contribution in [2.75, 3.05) is 13.1 Å². The monoisotopic (exact) mass is 277 g/mol. The average molecular weight is 277 g/mol. The van der Waals surface area contributed by atoms with Crippen molar-refractivity contribution in [3.05, 3.63) is 23.4 Å². The molecule has 0 N–H and O–H groups in total. The first kappa shape index (κ1) is 12.3. The predicted octanol–water partition coefficient (Wildman–Crippen LogP) is 2.35. The van der Waals surface area contributed by atoms with E-state index in [-0.39, 0.29) is 5.91 Å². The van der Waals surface area contributed by atoms with Crippen molar-refractivity contribution in [3.63, 3.8) is 0 Å². The Hall–Kier alpha value is -1.69. The van der Waals surface area contributed by atoms with E-state index in [4.69, 9.17) is 4.52 Å². The van der Waals surface area contributed by atoms with Crippen molar-refractivity contribution in [3.8, 4) is 10.7 Å². The fourth-order valence-corrected chi connectivity index (χ4v) is 2.85. The van der Waals surface area contributed by atoms with Gasteiger partial charge in [-0.05, 0) is 24.3 Å². The Morgan fingerprint density at radius 2 is 2.26 bits per heavy atom. The highest BCUT2D eigenvalue weighted by molar-refractivity contribution is 7.13. The van der Waals surface area contributed by atoms with E-state index in [9.17, 15) is 4.79 Å². The number of carbonyl (C=O) groups excluding carboxylic acids is 1. The van der Waals surface area contributed by atoms with E-state index in [1.807, 2.05) is 22.4 Å². The van der Waals surface area contributed by atoms with Crippen LogP contribution in [0, 0.1) is 0 Å². The number of hydrogen-bond donors (Lipinski definition) is 0. The molecule has 5 nitrogen and oxygen atoms in total. The van der Waals surface area contributed by atoms with Crippen LogP contribution < -0.4 is 0 Å². The molecule has 0 bridgehead atoms. The maximum Gasteiger partial charge on any atom is 0.227 e. The first-order valence-electron chi connectivity index (χ1n) is 6.47. The van der Waals surface area contributed by atoms with Gasteiger partial charge >= 0.3 is 0 Å². The van der Waals surface area contributed by atoms with Crippen LogP contribution in [0.3, 0.4) is 0 Å². The number of aryl methyl sites for hydroxylation is 1. The van der Waals surface area contributed by atoms with E-state index in [0.717, 1.165) is 30.8 Å². The molecule has 0 aromatic carbocycles. The number of likely N-dealkylation sites (tertiary alicyclic amines) is 1. The van der Waals surface area contributed by atoms with E-state index in [2.05, 4.69) is 10.1 Å². The van der Waals surface area contributed by atoms with Gasteiger partial charge in [0.2, 0.25) is 17.6 Å². The molecular weight excluding hydrogens is 262 g/mol. The molecule has 1 aliphatic heterocycles. The van der Waals surface area contributed by atoms with Crippen LogP contribution in [-0.2, 0) is 11.2 Å². The number of thiophene rings is 1. The summed E-state index contributed by atoms with van der Waals surface area (Å²) in [6.07, 6.45) is 3.21. The molecular formula is C13H15N3O2S. The van der Waals surface area contributed by atoms with Crippen molar-refractivity contribution in [1.82, 2.24) is 15.0 Å². The van der Waals surface area contributed by atoms with Crippen LogP contribution in [0.15, 0.2) is 22.0 Å². The molecule has 0 spiro atoms. The normalized spacial score (nSPS) is 15.1. The highest BCUT2D eigenvalue weighted by Crippen LogP contribution is 2.21. The van der Waals surface area contributed by atoms with Gasteiger partial charge in [0.15, 0.2) is 0 Å². The maximum atomic E-state index is 11.9. The topological polar surface area (TPSA) is 59.2 Å². The van der Waals surface area contributed by atoms with Gasteiger partial charge in [0.25, 0.3) is 0 Å². The number of nitrogens with zero attached hydrogens (tertiary/aromatic N) is 3. The van der Waals surface area contributed by atoms with Crippen LogP contribution in [0.25, 0.3) is 10.7 Å². The number of rotatable bonds is 4. The summed E-state index contributed by atoms with van der Waals surface area (Å²) in [4.78, 5) is 19.1. The molecule has 1 fully saturated rings. The zero-order chi connectivity index (χ0) is 13.1. The van der Waals surface area contributed by atoms with Crippen LogP contribution in [0.2, 0.25) is 0 Å². The molecule has 0 atom stereocenters. The van der Waals surface area contributed by atoms with Crippen LogP contribution in [-0.4, -0.2) is 34.0 Å². The zero-order valence-corrected chi connectivity index (χ0v) is 11.4.